The third-order valence-corrected chi connectivity index (χ3v) is 8.32. The monoisotopic (exact) mass is 508 g/mol. The maximum Gasteiger partial charge on any atom is 0.276 e. The molecule has 192 valence electrons. The lowest BCUT2D eigenvalue weighted by Crippen LogP contribution is -2.30. The summed E-state index contributed by atoms with van der Waals surface area (Å²) in [6, 6.07) is 3.45. The van der Waals surface area contributed by atoms with Gasteiger partial charge in [-0.05, 0) is 31.7 Å². The van der Waals surface area contributed by atoms with E-state index in [1.165, 1.54) is 18.2 Å². The van der Waals surface area contributed by atoms with Gasteiger partial charge in [0.2, 0.25) is 0 Å². The van der Waals surface area contributed by atoms with E-state index < -0.39 is 46.7 Å². The van der Waals surface area contributed by atoms with E-state index in [0.717, 1.165) is 29.9 Å². The number of piperidine rings is 1. The van der Waals surface area contributed by atoms with Crippen LogP contribution in [0, 0.1) is 23.1 Å². The molecule has 1 aromatic carbocycles. The Labute approximate surface area is 203 Å². The van der Waals surface area contributed by atoms with Crippen molar-refractivity contribution >= 4 is 11.6 Å². The molecular weight excluding hydrogens is 483 g/mol. The number of anilines is 1. The molecule has 0 radical (unpaired) electrons. The first-order valence-corrected chi connectivity index (χ1v) is 12.0. The second-order valence-corrected chi connectivity index (χ2v) is 10.6. The predicted molar refractivity (Wildman–Crippen MR) is 121 cm³/mol. The number of hydrogen-bond donors (Lipinski definition) is 2. The molecule has 4 aliphatic rings. The van der Waals surface area contributed by atoms with Crippen LogP contribution in [0.4, 0.5) is 27.6 Å². The van der Waals surface area contributed by atoms with Crippen molar-refractivity contribution in [1.82, 2.24) is 14.8 Å². The molecular formula is C25H25F5N4O2. The molecule has 1 spiro atoms. The summed E-state index contributed by atoms with van der Waals surface area (Å²) in [5, 5.41) is 5.75. The van der Waals surface area contributed by atoms with Gasteiger partial charge >= 0.3 is 0 Å². The average Bonchev–Trinajstić information content (AvgIpc) is 3.75. The number of aromatic nitrogens is 1. The number of fused-ring (bicyclic) bond motifs is 1. The van der Waals surface area contributed by atoms with Crippen LogP contribution in [0.5, 0.6) is 0 Å². The Hall–Kier alpha value is -2.95. The van der Waals surface area contributed by atoms with Crippen LogP contribution in [0.3, 0.4) is 0 Å². The number of carbonyl (C=O) groups excluding carboxylic acids is 1. The summed E-state index contributed by atoms with van der Waals surface area (Å²) < 4.78 is 70.4. The minimum atomic E-state index is -3.02. The van der Waals surface area contributed by atoms with E-state index in [9.17, 15) is 31.5 Å². The van der Waals surface area contributed by atoms with Crippen molar-refractivity contribution in [2.75, 3.05) is 25.5 Å². The number of likely N-dealkylation sites (tertiary alicyclic amines) is 1. The summed E-state index contributed by atoms with van der Waals surface area (Å²) in [6.45, 7) is 1.36. The van der Waals surface area contributed by atoms with Gasteiger partial charge < -0.3 is 20.1 Å². The first-order chi connectivity index (χ1) is 17.0. The molecule has 6 nitrogen and oxygen atoms in total. The van der Waals surface area contributed by atoms with Gasteiger partial charge in [-0.2, -0.15) is 0 Å². The molecule has 11 heteroatoms. The van der Waals surface area contributed by atoms with Crippen molar-refractivity contribution in [2.24, 2.45) is 17.3 Å². The Bertz CT molecular complexity index is 1290. The normalized spacial score (nSPS) is 28.8. The molecule has 1 amide bonds. The minimum Gasteiger partial charge on any atom is -0.381 e. The lowest BCUT2D eigenvalue weighted by Gasteiger charge is -2.18. The number of nitrogens with zero attached hydrogens (tertiary/aromatic N) is 2. The van der Waals surface area contributed by atoms with Crippen molar-refractivity contribution in [3.63, 3.8) is 0 Å². The Kier molecular flexibility index (Phi) is 5.06. The zero-order chi connectivity index (χ0) is 25.6. The van der Waals surface area contributed by atoms with Gasteiger partial charge in [-0.1, -0.05) is 18.2 Å². The summed E-state index contributed by atoms with van der Waals surface area (Å²) in [4.78, 5) is 28.2. The first kappa shape index (κ1) is 23.4. The molecule has 0 bridgehead atoms. The van der Waals surface area contributed by atoms with Crippen LogP contribution in [-0.4, -0.2) is 47.5 Å². The van der Waals surface area contributed by atoms with Crippen molar-refractivity contribution in [2.45, 2.75) is 43.8 Å². The second-order valence-electron chi connectivity index (χ2n) is 10.6. The summed E-state index contributed by atoms with van der Waals surface area (Å²) >= 11 is 0. The fourth-order valence-electron chi connectivity index (χ4n) is 6.03. The van der Waals surface area contributed by atoms with Gasteiger partial charge in [0, 0.05) is 43.5 Å². The van der Waals surface area contributed by atoms with Gasteiger partial charge in [-0.25, -0.2) is 22.0 Å². The number of pyridine rings is 1. The highest BCUT2D eigenvalue weighted by molar-refractivity contribution is 5.99. The molecule has 2 aromatic rings. The maximum atomic E-state index is 14.5. The Balaban J connectivity index is 1.28. The van der Waals surface area contributed by atoms with Crippen LogP contribution in [0.25, 0.3) is 0 Å². The van der Waals surface area contributed by atoms with Crippen LogP contribution in [0.15, 0.2) is 35.3 Å². The summed E-state index contributed by atoms with van der Waals surface area (Å²) in [5.41, 5.74) is -2.52. The van der Waals surface area contributed by atoms with Crippen molar-refractivity contribution in [3.8, 4) is 0 Å². The number of carbonyl (C=O) groups is 1. The number of benzene rings is 1. The molecule has 3 unspecified atom stereocenters. The number of rotatable bonds is 7. The van der Waals surface area contributed by atoms with Gasteiger partial charge in [0.15, 0.2) is 0 Å². The van der Waals surface area contributed by atoms with Crippen molar-refractivity contribution < 1.29 is 26.7 Å². The molecule has 4 fully saturated rings. The van der Waals surface area contributed by atoms with Crippen LogP contribution in [0.1, 0.15) is 46.8 Å². The maximum absolute atomic E-state index is 14.5. The highest BCUT2D eigenvalue weighted by Gasteiger charge is 2.87. The SMILES string of the molecule is CN1CC2C(C1)C2Nc1cc(=O)n(C2C(F)(F)C23CC3)cc1C(=O)NCc1cccc(C(F)F)c1F. The standard InChI is InChI=1S/C25H25F5N4O2/c1-33-9-14-15(10-33)20(14)32-17-7-18(35)34(23-24(5-6-24)25(23,29)30)11-16(17)22(36)31-8-12-3-2-4-13(19(12)26)21(27)28/h2-4,7,11,14-15,20-21,23,32H,5-6,8-10H2,1H3,(H,31,36). The van der Waals surface area contributed by atoms with Gasteiger partial charge in [-0.3, -0.25) is 9.59 Å². The molecule has 1 aliphatic heterocycles. The van der Waals surface area contributed by atoms with Gasteiger partial charge in [0.05, 0.1) is 22.2 Å². The van der Waals surface area contributed by atoms with Crippen LogP contribution >= 0.6 is 0 Å². The van der Waals surface area contributed by atoms with Gasteiger partial charge in [0.25, 0.3) is 23.8 Å². The van der Waals surface area contributed by atoms with Gasteiger partial charge in [-0.15, -0.1) is 0 Å². The fraction of sp³-hybridized carbons (Fsp3) is 0.520. The molecule has 2 heterocycles. The fourth-order valence-corrected chi connectivity index (χ4v) is 6.03. The number of amides is 1. The van der Waals surface area contributed by atoms with E-state index in [0.29, 0.717) is 24.7 Å². The smallest absolute Gasteiger partial charge is 0.276 e. The van der Waals surface area contributed by atoms with E-state index in [-0.39, 0.29) is 29.4 Å². The Morgan fingerprint density at radius 3 is 2.50 bits per heavy atom. The Morgan fingerprint density at radius 2 is 1.89 bits per heavy atom. The highest BCUT2D eigenvalue weighted by Crippen LogP contribution is 2.81. The highest BCUT2D eigenvalue weighted by atomic mass is 19.3. The number of halogens is 5. The van der Waals surface area contributed by atoms with Crippen LogP contribution in [0.2, 0.25) is 0 Å². The summed E-state index contributed by atoms with van der Waals surface area (Å²) in [6.07, 6.45) is -1.22. The first-order valence-electron chi connectivity index (χ1n) is 12.0. The molecule has 3 atom stereocenters. The number of alkyl halides is 4. The number of nitrogens with one attached hydrogen (secondary N) is 2. The van der Waals surface area contributed by atoms with E-state index in [1.807, 2.05) is 7.05 Å². The van der Waals surface area contributed by atoms with Gasteiger partial charge in [0.1, 0.15) is 11.9 Å². The van der Waals surface area contributed by atoms with E-state index in [4.69, 9.17) is 0 Å². The number of hydrogen-bond acceptors (Lipinski definition) is 4. The van der Waals surface area contributed by atoms with Crippen molar-refractivity contribution in [1.29, 1.82) is 0 Å². The van der Waals surface area contributed by atoms with Crippen molar-refractivity contribution in [3.05, 3.63) is 63.3 Å². The topological polar surface area (TPSA) is 66.4 Å². The molecule has 6 rings (SSSR count). The predicted octanol–water partition coefficient (Wildman–Crippen LogP) is 3.80. The largest absolute Gasteiger partial charge is 0.381 e. The zero-order valence-electron chi connectivity index (χ0n) is 19.4. The summed E-state index contributed by atoms with van der Waals surface area (Å²) in [7, 11) is 2.01. The Morgan fingerprint density at radius 1 is 1.19 bits per heavy atom. The van der Waals surface area contributed by atoms with E-state index in [2.05, 4.69) is 15.5 Å². The molecule has 36 heavy (non-hydrogen) atoms. The zero-order valence-corrected chi connectivity index (χ0v) is 19.4. The third-order valence-electron chi connectivity index (χ3n) is 8.32. The van der Waals surface area contributed by atoms with E-state index >= 15 is 0 Å². The molecule has 2 N–H and O–H groups in total. The average molecular weight is 508 g/mol. The molecule has 3 aliphatic carbocycles. The van der Waals surface area contributed by atoms with Crippen LogP contribution in [-0.2, 0) is 6.54 Å². The lowest BCUT2D eigenvalue weighted by atomic mass is 10.1. The molecule has 1 aromatic heterocycles. The molecule has 3 saturated carbocycles. The third kappa shape index (κ3) is 3.46. The summed E-state index contributed by atoms with van der Waals surface area (Å²) in [5.74, 6) is -4.12. The van der Waals surface area contributed by atoms with E-state index in [1.54, 1.807) is 0 Å². The second kappa shape index (κ2) is 7.77. The lowest BCUT2D eigenvalue weighted by molar-refractivity contribution is 0.0804. The molecule has 1 saturated heterocycles. The minimum absolute atomic E-state index is 0.0168. The van der Waals surface area contributed by atoms with Crippen LogP contribution < -0.4 is 16.2 Å². The quantitative estimate of drug-likeness (QED) is 0.559.